The predicted octanol–water partition coefficient (Wildman–Crippen LogP) is 4.31. The summed E-state index contributed by atoms with van der Waals surface area (Å²) in [6.07, 6.45) is 0. The maximum Gasteiger partial charge on any atom is 0.272 e. The molecule has 2 amide bonds. The monoisotopic (exact) mass is 359 g/mol. The second-order valence-corrected chi connectivity index (χ2v) is 6.82. The van der Waals surface area contributed by atoms with Crippen LogP contribution in [0.4, 0.5) is 14.5 Å². The fraction of sp³-hybridized carbons (Fsp3) is 0.158. The Morgan fingerprint density at radius 1 is 1.00 bits per heavy atom. The van der Waals surface area contributed by atoms with Gasteiger partial charge in [0.05, 0.1) is 16.2 Å². The topological polar surface area (TPSA) is 37.4 Å². The van der Waals surface area contributed by atoms with Crippen LogP contribution in [0.5, 0.6) is 0 Å². The Bertz CT molecular complexity index is 891. The molecule has 0 saturated heterocycles. The molecule has 0 bridgehead atoms. The first-order chi connectivity index (χ1) is 11.9. The Hall–Kier alpha value is -2.47. The summed E-state index contributed by atoms with van der Waals surface area (Å²) in [7, 11) is 0. The molecule has 1 heterocycles. The Morgan fingerprint density at radius 3 is 2.28 bits per heavy atom. The van der Waals surface area contributed by atoms with Gasteiger partial charge in [0.2, 0.25) is 0 Å². The van der Waals surface area contributed by atoms with E-state index in [0.29, 0.717) is 17.4 Å². The van der Waals surface area contributed by atoms with Crippen molar-refractivity contribution >= 4 is 34.8 Å². The molecule has 0 atom stereocenters. The standard InChI is InChI=1S/C19H15F2NO2S/c1-3-25-17-16(12-6-4-11(2)5-7-12)18(23)22(19(17)24)15-9-8-13(20)10-14(15)21/h4-10H,3H2,1-2H3. The second kappa shape index (κ2) is 6.80. The van der Waals surface area contributed by atoms with E-state index in [1.165, 1.54) is 11.8 Å². The van der Waals surface area contributed by atoms with E-state index in [1.54, 1.807) is 12.1 Å². The number of carbonyl (C=O) groups excluding carboxylic acids is 2. The molecule has 2 aromatic carbocycles. The van der Waals surface area contributed by atoms with Crippen LogP contribution in [0, 0.1) is 18.6 Å². The first kappa shape index (κ1) is 17.4. The van der Waals surface area contributed by atoms with Gasteiger partial charge in [-0.3, -0.25) is 9.59 Å². The van der Waals surface area contributed by atoms with Gasteiger partial charge in [0.25, 0.3) is 11.8 Å². The maximum atomic E-state index is 14.1. The number of rotatable bonds is 4. The average molecular weight is 359 g/mol. The lowest BCUT2D eigenvalue weighted by atomic mass is 10.0. The van der Waals surface area contributed by atoms with Gasteiger partial charge in [-0.25, -0.2) is 13.7 Å². The van der Waals surface area contributed by atoms with E-state index in [2.05, 4.69) is 0 Å². The van der Waals surface area contributed by atoms with E-state index >= 15 is 0 Å². The van der Waals surface area contributed by atoms with Crippen LogP contribution in [-0.2, 0) is 9.59 Å². The summed E-state index contributed by atoms with van der Waals surface area (Å²) >= 11 is 1.24. The molecule has 0 unspecified atom stereocenters. The average Bonchev–Trinajstić information content (AvgIpc) is 2.80. The van der Waals surface area contributed by atoms with Crippen molar-refractivity contribution in [2.75, 3.05) is 10.7 Å². The van der Waals surface area contributed by atoms with Gasteiger partial charge < -0.3 is 0 Å². The zero-order valence-electron chi connectivity index (χ0n) is 13.7. The van der Waals surface area contributed by atoms with Gasteiger partial charge in [-0.2, -0.15) is 0 Å². The number of anilines is 1. The van der Waals surface area contributed by atoms with E-state index in [-0.39, 0.29) is 16.2 Å². The Labute approximate surface area is 148 Å². The summed E-state index contributed by atoms with van der Waals surface area (Å²) in [5, 5.41) is 0. The number of nitrogens with zero attached hydrogens (tertiary/aromatic N) is 1. The normalized spacial score (nSPS) is 14.6. The van der Waals surface area contributed by atoms with Crippen LogP contribution in [-0.4, -0.2) is 17.6 Å². The van der Waals surface area contributed by atoms with Crippen LogP contribution in [0.1, 0.15) is 18.1 Å². The van der Waals surface area contributed by atoms with E-state index in [0.717, 1.165) is 22.6 Å². The van der Waals surface area contributed by atoms with Crippen molar-refractivity contribution in [3.63, 3.8) is 0 Å². The number of thioether (sulfide) groups is 1. The molecule has 128 valence electrons. The molecule has 3 nitrogen and oxygen atoms in total. The van der Waals surface area contributed by atoms with Crippen LogP contribution in [0.3, 0.4) is 0 Å². The number of halogens is 2. The van der Waals surface area contributed by atoms with Gasteiger partial charge in [0.1, 0.15) is 11.6 Å². The lowest BCUT2D eigenvalue weighted by Gasteiger charge is -2.16. The van der Waals surface area contributed by atoms with Gasteiger partial charge >= 0.3 is 0 Å². The highest BCUT2D eigenvalue weighted by Crippen LogP contribution is 2.39. The van der Waals surface area contributed by atoms with Crippen molar-refractivity contribution in [2.45, 2.75) is 13.8 Å². The number of aryl methyl sites for hydroxylation is 1. The highest BCUT2D eigenvalue weighted by molar-refractivity contribution is 8.04. The first-order valence-electron chi connectivity index (χ1n) is 7.72. The van der Waals surface area contributed by atoms with Gasteiger partial charge in [0, 0.05) is 6.07 Å². The number of hydrogen-bond donors (Lipinski definition) is 0. The highest BCUT2D eigenvalue weighted by Gasteiger charge is 2.41. The first-order valence-corrected chi connectivity index (χ1v) is 8.70. The molecule has 25 heavy (non-hydrogen) atoms. The largest absolute Gasteiger partial charge is 0.272 e. The molecule has 0 radical (unpaired) electrons. The minimum Gasteiger partial charge on any atom is -0.268 e. The lowest BCUT2D eigenvalue weighted by molar-refractivity contribution is -0.119. The highest BCUT2D eigenvalue weighted by atomic mass is 32.2. The van der Waals surface area contributed by atoms with Crippen molar-refractivity contribution in [1.82, 2.24) is 0 Å². The Kier molecular flexibility index (Phi) is 4.72. The molecule has 0 N–H and O–H groups in total. The minimum absolute atomic E-state index is 0.243. The number of carbonyl (C=O) groups is 2. The van der Waals surface area contributed by atoms with Crippen LogP contribution in [0.25, 0.3) is 5.57 Å². The zero-order valence-corrected chi connectivity index (χ0v) is 14.5. The third-order valence-corrected chi connectivity index (χ3v) is 4.78. The molecule has 1 aliphatic heterocycles. The van der Waals surface area contributed by atoms with E-state index in [9.17, 15) is 18.4 Å². The summed E-state index contributed by atoms with van der Waals surface area (Å²) in [4.78, 5) is 26.7. The van der Waals surface area contributed by atoms with Crippen molar-refractivity contribution < 1.29 is 18.4 Å². The van der Waals surface area contributed by atoms with Crippen molar-refractivity contribution in [1.29, 1.82) is 0 Å². The summed E-state index contributed by atoms with van der Waals surface area (Å²) < 4.78 is 27.3. The predicted molar refractivity (Wildman–Crippen MR) is 95.1 cm³/mol. The molecule has 0 aliphatic carbocycles. The molecule has 2 aromatic rings. The van der Waals surface area contributed by atoms with Crippen LogP contribution >= 0.6 is 11.8 Å². The quantitative estimate of drug-likeness (QED) is 0.764. The Balaban J connectivity index is 2.11. The lowest BCUT2D eigenvalue weighted by Crippen LogP contribution is -2.32. The molecule has 3 rings (SSSR count). The molecule has 0 fully saturated rings. The summed E-state index contributed by atoms with van der Waals surface area (Å²) in [6, 6.07) is 9.99. The smallest absolute Gasteiger partial charge is 0.268 e. The fourth-order valence-electron chi connectivity index (χ4n) is 2.64. The van der Waals surface area contributed by atoms with Crippen LogP contribution in [0.15, 0.2) is 47.4 Å². The van der Waals surface area contributed by atoms with Gasteiger partial charge in [-0.15, -0.1) is 11.8 Å². The maximum absolute atomic E-state index is 14.1. The summed E-state index contributed by atoms with van der Waals surface area (Å²) in [5.74, 6) is -2.32. The summed E-state index contributed by atoms with van der Waals surface area (Å²) in [5.41, 5.74) is 1.63. The Morgan fingerprint density at radius 2 is 1.68 bits per heavy atom. The van der Waals surface area contributed by atoms with Gasteiger partial charge in [0.15, 0.2) is 0 Å². The summed E-state index contributed by atoms with van der Waals surface area (Å²) in [6.45, 7) is 3.78. The van der Waals surface area contributed by atoms with E-state index in [1.807, 2.05) is 26.0 Å². The molecule has 1 aliphatic rings. The van der Waals surface area contributed by atoms with Crippen molar-refractivity contribution in [3.05, 3.63) is 70.1 Å². The third kappa shape index (κ3) is 3.09. The number of benzene rings is 2. The van der Waals surface area contributed by atoms with Crippen LogP contribution < -0.4 is 4.90 Å². The zero-order chi connectivity index (χ0) is 18.1. The minimum atomic E-state index is -0.951. The number of amides is 2. The van der Waals surface area contributed by atoms with E-state index in [4.69, 9.17) is 0 Å². The second-order valence-electron chi connectivity index (χ2n) is 5.54. The molecule has 6 heteroatoms. The third-order valence-electron chi connectivity index (χ3n) is 3.82. The molecule has 0 saturated carbocycles. The van der Waals surface area contributed by atoms with Crippen molar-refractivity contribution in [3.8, 4) is 0 Å². The molecular weight excluding hydrogens is 344 g/mol. The number of imide groups is 1. The molecule has 0 aromatic heterocycles. The van der Waals surface area contributed by atoms with Gasteiger partial charge in [-0.1, -0.05) is 36.8 Å². The van der Waals surface area contributed by atoms with E-state index < -0.39 is 23.4 Å². The van der Waals surface area contributed by atoms with Crippen LogP contribution in [0.2, 0.25) is 0 Å². The number of hydrogen-bond acceptors (Lipinski definition) is 3. The van der Waals surface area contributed by atoms with Crippen molar-refractivity contribution in [2.24, 2.45) is 0 Å². The SMILES string of the molecule is CCSC1=C(c2ccc(C)cc2)C(=O)N(c2ccc(F)cc2F)C1=O. The van der Waals surface area contributed by atoms with Gasteiger partial charge in [-0.05, 0) is 30.4 Å². The molecular formula is C19H15F2NO2S. The molecule has 0 spiro atoms. The fourth-order valence-corrected chi connectivity index (χ4v) is 3.50.